The van der Waals surface area contributed by atoms with E-state index in [-0.39, 0.29) is 11.8 Å². The van der Waals surface area contributed by atoms with Gasteiger partial charge in [0.1, 0.15) is 11.4 Å². The quantitative estimate of drug-likeness (QED) is 0.835. The van der Waals surface area contributed by atoms with Gasteiger partial charge in [-0.3, -0.25) is 9.59 Å². The molecule has 0 unspecified atom stereocenters. The maximum Gasteiger partial charge on any atom is 0.255 e. The minimum Gasteiger partial charge on any atom is -0.352 e. The third-order valence-electron chi connectivity index (χ3n) is 3.53. The minimum absolute atomic E-state index is 0.193. The number of nitrogens with one attached hydrogen (secondary N) is 1. The van der Waals surface area contributed by atoms with Crippen molar-refractivity contribution in [3.8, 4) is 0 Å². The lowest BCUT2D eigenvalue weighted by molar-refractivity contribution is -0.133. The Balaban J connectivity index is 2.38. The van der Waals surface area contributed by atoms with Gasteiger partial charge in [-0.25, -0.2) is 4.39 Å². The van der Waals surface area contributed by atoms with Crippen LogP contribution in [0, 0.1) is 12.7 Å². The van der Waals surface area contributed by atoms with Crippen molar-refractivity contribution in [1.82, 2.24) is 10.2 Å². The molecule has 2 rings (SSSR count). The van der Waals surface area contributed by atoms with Crippen molar-refractivity contribution in [1.29, 1.82) is 0 Å². The highest BCUT2D eigenvalue weighted by molar-refractivity contribution is 6.00. The number of halogens is 1. The van der Waals surface area contributed by atoms with E-state index in [9.17, 15) is 14.0 Å². The highest BCUT2D eigenvalue weighted by atomic mass is 19.1. The van der Waals surface area contributed by atoms with Gasteiger partial charge in [0.05, 0.1) is 0 Å². The fourth-order valence-electron chi connectivity index (χ4n) is 2.23. The zero-order valence-electron chi connectivity index (χ0n) is 11.3. The molecule has 1 aliphatic heterocycles. The monoisotopic (exact) mass is 264 g/mol. The second-order valence-electron chi connectivity index (χ2n) is 5.23. The summed E-state index contributed by atoms with van der Waals surface area (Å²) < 4.78 is 13.3. The number of aryl methyl sites for hydroxylation is 1. The minimum atomic E-state index is -0.923. The standard InChI is InChI=1S/C14H17FN2O2/c1-9-4-5-10(15)8-11(9)12(18)17-7-6-16-13(19)14(17,2)3/h4-5,8H,6-7H2,1-3H3,(H,16,19). The van der Waals surface area contributed by atoms with Crippen LogP contribution in [-0.2, 0) is 4.79 Å². The molecule has 19 heavy (non-hydrogen) atoms. The van der Waals surface area contributed by atoms with Crippen molar-refractivity contribution >= 4 is 11.8 Å². The van der Waals surface area contributed by atoms with E-state index < -0.39 is 11.4 Å². The van der Waals surface area contributed by atoms with E-state index in [0.29, 0.717) is 24.2 Å². The Bertz CT molecular complexity index is 540. The Hall–Kier alpha value is -1.91. The lowest BCUT2D eigenvalue weighted by atomic mass is 9.96. The van der Waals surface area contributed by atoms with Crippen LogP contribution in [0.2, 0.25) is 0 Å². The second-order valence-corrected chi connectivity index (χ2v) is 5.23. The first-order valence-corrected chi connectivity index (χ1v) is 6.20. The van der Waals surface area contributed by atoms with E-state index in [1.54, 1.807) is 26.8 Å². The van der Waals surface area contributed by atoms with Crippen molar-refractivity contribution in [3.05, 3.63) is 35.1 Å². The molecule has 0 radical (unpaired) electrons. The van der Waals surface area contributed by atoms with Gasteiger partial charge < -0.3 is 10.2 Å². The smallest absolute Gasteiger partial charge is 0.255 e. The summed E-state index contributed by atoms with van der Waals surface area (Å²) in [6, 6.07) is 4.11. The molecule has 0 atom stereocenters. The van der Waals surface area contributed by atoms with Crippen LogP contribution in [0.25, 0.3) is 0 Å². The maximum atomic E-state index is 13.3. The van der Waals surface area contributed by atoms with Gasteiger partial charge in [-0.2, -0.15) is 0 Å². The summed E-state index contributed by atoms with van der Waals surface area (Å²) in [5, 5.41) is 2.73. The molecule has 0 spiro atoms. The lowest BCUT2D eigenvalue weighted by Gasteiger charge is -2.41. The summed E-state index contributed by atoms with van der Waals surface area (Å²) in [4.78, 5) is 25.8. The topological polar surface area (TPSA) is 49.4 Å². The number of hydrogen-bond acceptors (Lipinski definition) is 2. The molecule has 2 amide bonds. The van der Waals surface area contributed by atoms with E-state index in [4.69, 9.17) is 0 Å². The van der Waals surface area contributed by atoms with Crippen molar-refractivity contribution in [2.24, 2.45) is 0 Å². The molecule has 1 saturated heterocycles. The van der Waals surface area contributed by atoms with E-state index in [2.05, 4.69) is 5.32 Å². The zero-order chi connectivity index (χ0) is 14.2. The molecule has 0 bridgehead atoms. The predicted octanol–water partition coefficient (Wildman–Crippen LogP) is 1.48. The fourth-order valence-corrected chi connectivity index (χ4v) is 2.23. The average Bonchev–Trinajstić information content (AvgIpc) is 2.35. The second kappa shape index (κ2) is 4.64. The van der Waals surface area contributed by atoms with Crippen molar-refractivity contribution in [2.75, 3.05) is 13.1 Å². The summed E-state index contributed by atoms with van der Waals surface area (Å²) in [5.74, 6) is -0.953. The van der Waals surface area contributed by atoms with Gasteiger partial charge in [0.25, 0.3) is 5.91 Å². The Morgan fingerprint density at radius 1 is 1.42 bits per heavy atom. The highest BCUT2D eigenvalue weighted by Crippen LogP contribution is 2.22. The molecule has 0 aromatic heterocycles. The highest BCUT2D eigenvalue weighted by Gasteiger charge is 2.40. The first kappa shape index (κ1) is 13.5. The number of rotatable bonds is 1. The van der Waals surface area contributed by atoms with Crippen LogP contribution >= 0.6 is 0 Å². The Kier molecular flexibility index (Phi) is 3.30. The van der Waals surface area contributed by atoms with Crippen LogP contribution in [-0.4, -0.2) is 35.3 Å². The van der Waals surface area contributed by atoms with Crippen LogP contribution in [0.1, 0.15) is 29.8 Å². The third kappa shape index (κ3) is 2.32. The van der Waals surface area contributed by atoms with E-state index in [0.717, 1.165) is 0 Å². The largest absolute Gasteiger partial charge is 0.352 e. The van der Waals surface area contributed by atoms with E-state index in [1.165, 1.54) is 17.0 Å². The van der Waals surface area contributed by atoms with Crippen LogP contribution in [0.3, 0.4) is 0 Å². The van der Waals surface area contributed by atoms with Crippen molar-refractivity contribution < 1.29 is 14.0 Å². The molecule has 0 saturated carbocycles. The number of amides is 2. The predicted molar refractivity (Wildman–Crippen MR) is 69.3 cm³/mol. The van der Waals surface area contributed by atoms with Gasteiger partial charge in [0.2, 0.25) is 5.91 Å². The number of carbonyl (C=O) groups is 2. The number of hydrogen-bond donors (Lipinski definition) is 1. The van der Waals surface area contributed by atoms with Crippen LogP contribution in [0.5, 0.6) is 0 Å². The normalized spacial score (nSPS) is 18.1. The molecular formula is C14H17FN2O2. The van der Waals surface area contributed by atoms with Gasteiger partial charge in [0.15, 0.2) is 0 Å². The molecule has 102 valence electrons. The molecule has 4 nitrogen and oxygen atoms in total. The summed E-state index contributed by atoms with van der Waals surface area (Å²) in [5.41, 5.74) is 0.0876. The number of carbonyl (C=O) groups excluding carboxylic acids is 2. The summed E-state index contributed by atoms with van der Waals surface area (Å²) in [6.07, 6.45) is 0. The van der Waals surface area contributed by atoms with Gasteiger partial charge >= 0.3 is 0 Å². The number of benzene rings is 1. The first-order valence-electron chi connectivity index (χ1n) is 6.20. The molecule has 5 heteroatoms. The SMILES string of the molecule is Cc1ccc(F)cc1C(=O)N1CCNC(=O)C1(C)C. The molecule has 0 aliphatic carbocycles. The average molecular weight is 264 g/mol. The molecule has 1 aliphatic rings. The molecule has 1 aromatic carbocycles. The van der Waals surface area contributed by atoms with Gasteiger partial charge in [-0.1, -0.05) is 6.07 Å². The number of nitrogens with zero attached hydrogens (tertiary/aromatic N) is 1. The van der Waals surface area contributed by atoms with E-state index >= 15 is 0 Å². The van der Waals surface area contributed by atoms with Crippen LogP contribution < -0.4 is 5.32 Å². The first-order chi connectivity index (χ1) is 8.84. The van der Waals surface area contributed by atoms with Crippen molar-refractivity contribution in [2.45, 2.75) is 26.3 Å². The van der Waals surface area contributed by atoms with Crippen molar-refractivity contribution in [3.63, 3.8) is 0 Å². The Morgan fingerprint density at radius 3 is 2.79 bits per heavy atom. The third-order valence-corrected chi connectivity index (χ3v) is 3.53. The fraction of sp³-hybridized carbons (Fsp3) is 0.429. The van der Waals surface area contributed by atoms with E-state index in [1.807, 2.05) is 0 Å². The molecule has 1 heterocycles. The van der Waals surface area contributed by atoms with Gasteiger partial charge in [-0.15, -0.1) is 0 Å². The Morgan fingerprint density at radius 2 is 2.11 bits per heavy atom. The van der Waals surface area contributed by atoms with Gasteiger partial charge in [0, 0.05) is 18.7 Å². The summed E-state index contributed by atoms with van der Waals surface area (Å²) in [7, 11) is 0. The van der Waals surface area contributed by atoms with Crippen LogP contribution in [0.15, 0.2) is 18.2 Å². The molecule has 1 fully saturated rings. The lowest BCUT2D eigenvalue weighted by Crippen LogP contribution is -2.63. The number of piperazine rings is 1. The maximum absolute atomic E-state index is 13.3. The van der Waals surface area contributed by atoms with Gasteiger partial charge in [-0.05, 0) is 38.5 Å². The summed E-state index contributed by atoms with van der Waals surface area (Å²) >= 11 is 0. The van der Waals surface area contributed by atoms with Crippen LogP contribution in [0.4, 0.5) is 4.39 Å². The molecule has 1 aromatic rings. The zero-order valence-corrected chi connectivity index (χ0v) is 11.3. The summed E-state index contributed by atoms with van der Waals surface area (Å²) in [6.45, 7) is 5.97. The Labute approximate surface area is 111 Å². The molecule has 1 N–H and O–H groups in total. The molecular weight excluding hydrogens is 247 g/mol.